The van der Waals surface area contributed by atoms with Crippen LogP contribution in [0.25, 0.3) is 5.70 Å². The van der Waals surface area contributed by atoms with E-state index in [0.29, 0.717) is 28.1 Å². The monoisotopic (exact) mass is 425 g/mol. The van der Waals surface area contributed by atoms with Crippen molar-refractivity contribution in [1.29, 1.82) is 0 Å². The number of nitrogens with zero attached hydrogens (tertiary/aromatic N) is 1. The van der Waals surface area contributed by atoms with Crippen LogP contribution in [0.5, 0.6) is 5.75 Å². The topological polar surface area (TPSA) is 108 Å². The lowest BCUT2D eigenvalue weighted by Crippen LogP contribution is -2.49. The molecule has 1 unspecified atom stereocenters. The molecule has 4 rings (SSSR count). The Morgan fingerprint density at radius 2 is 2.00 bits per heavy atom. The zero-order valence-corrected chi connectivity index (χ0v) is 16.6. The normalized spacial score (nSPS) is 17.3. The highest BCUT2D eigenvalue weighted by Gasteiger charge is 2.36. The van der Waals surface area contributed by atoms with Gasteiger partial charge in [0.2, 0.25) is 5.91 Å². The SMILES string of the molecule is COc1ccc(C2NC(=O)NC3=C2CN(C(=O)CCC(=O)O)c2ccccc23)cc1F. The molecule has 0 aromatic heterocycles. The number of anilines is 1. The van der Waals surface area contributed by atoms with Crippen LogP contribution in [0.15, 0.2) is 48.0 Å². The number of methoxy groups -OCH3 is 1. The number of carboxylic acids is 1. The third-order valence-electron chi connectivity index (χ3n) is 5.34. The fraction of sp³-hybridized carbons (Fsp3) is 0.227. The molecule has 0 saturated carbocycles. The molecule has 0 bridgehead atoms. The van der Waals surface area contributed by atoms with E-state index in [4.69, 9.17) is 9.84 Å². The molecule has 2 aliphatic rings. The predicted octanol–water partition coefficient (Wildman–Crippen LogP) is 2.81. The minimum atomic E-state index is -1.06. The number of nitrogens with one attached hydrogen (secondary N) is 2. The zero-order chi connectivity index (χ0) is 22.1. The van der Waals surface area contributed by atoms with E-state index in [0.717, 1.165) is 0 Å². The van der Waals surface area contributed by atoms with Crippen molar-refractivity contribution in [2.75, 3.05) is 18.6 Å². The van der Waals surface area contributed by atoms with E-state index in [2.05, 4.69) is 10.6 Å². The number of fused-ring (bicyclic) bond motifs is 2. The second-order valence-electron chi connectivity index (χ2n) is 7.22. The smallest absolute Gasteiger partial charge is 0.320 e. The van der Waals surface area contributed by atoms with E-state index in [1.54, 1.807) is 30.3 Å². The molecule has 0 fully saturated rings. The number of rotatable bonds is 5. The van der Waals surface area contributed by atoms with Crippen molar-refractivity contribution in [1.82, 2.24) is 10.6 Å². The lowest BCUT2D eigenvalue weighted by molar-refractivity contribution is -0.138. The first-order chi connectivity index (χ1) is 14.9. The molecule has 8 nitrogen and oxygen atoms in total. The number of hydrogen-bond donors (Lipinski definition) is 3. The predicted molar refractivity (Wildman–Crippen MR) is 110 cm³/mol. The molecular formula is C22H20FN3O5. The van der Waals surface area contributed by atoms with Crippen LogP contribution >= 0.6 is 0 Å². The van der Waals surface area contributed by atoms with E-state index in [9.17, 15) is 18.8 Å². The van der Waals surface area contributed by atoms with E-state index >= 15 is 0 Å². The van der Waals surface area contributed by atoms with E-state index in [1.165, 1.54) is 24.1 Å². The Morgan fingerprint density at radius 3 is 2.71 bits per heavy atom. The lowest BCUT2D eigenvalue weighted by atomic mass is 9.88. The summed E-state index contributed by atoms with van der Waals surface area (Å²) in [4.78, 5) is 37.7. The van der Waals surface area contributed by atoms with Crippen LogP contribution in [-0.2, 0) is 9.59 Å². The molecule has 0 radical (unpaired) electrons. The number of carboxylic acid groups (broad SMARTS) is 1. The van der Waals surface area contributed by atoms with Crippen LogP contribution < -0.4 is 20.3 Å². The molecule has 31 heavy (non-hydrogen) atoms. The van der Waals surface area contributed by atoms with Crippen molar-refractivity contribution in [2.45, 2.75) is 18.9 Å². The van der Waals surface area contributed by atoms with E-state index < -0.39 is 23.9 Å². The largest absolute Gasteiger partial charge is 0.494 e. The minimum absolute atomic E-state index is 0.0812. The highest BCUT2D eigenvalue weighted by atomic mass is 19.1. The minimum Gasteiger partial charge on any atom is -0.494 e. The average Bonchev–Trinajstić information content (AvgIpc) is 2.76. The Hall–Kier alpha value is -3.88. The van der Waals surface area contributed by atoms with Gasteiger partial charge in [-0.1, -0.05) is 24.3 Å². The number of aliphatic carboxylic acids is 1. The second kappa shape index (κ2) is 8.10. The molecule has 1 atom stereocenters. The average molecular weight is 425 g/mol. The number of carbonyl (C=O) groups excluding carboxylic acids is 2. The molecule has 0 saturated heterocycles. The maximum atomic E-state index is 14.4. The van der Waals surface area contributed by atoms with Gasteiger partial charge in [-0.25, -0.2) is 9.18 Å². The summed E-state index contributed by atoms with van der Waals surface area (Å²) in [5.41, 5.74) is 2.95. The van der Waals surface area contributed by atoms with Crippen molar-refractivity contribution in [2.24, 2.45) is 0 Å². The number of carbonyl (C=O) groups is 3. The number of urea groups is 1. The lowest BCUT2D eigenvalue weighted by Gasteiger charge is -2.39. The summed E-state index contributed by atoms with van der Waals surface area (Å²) >= 11 is 0. The van der Waals surface area contributed by atoms with Gasteiger partial charge < -0.3 is 25.4 Å². The number of benzene rings is 2. The van der Waals surface area contributed by atoms with Gasteiger partial charge in [0, 0.05) is 17.6 Å². The molecule has 9 heteroatoms. The van der Waals surface area contributed by atoms with Gasteiger partial charge in [0.1, 0.15) is 0 Å². The van der Waals surface area contributed by atoms with Gasteiger partial charge in [0.15, 0.2) is 11.6 Å². The maximum Gasteiger partial charge on any atom is 0.320 e. The molecule has 3 N–H and O–H groups in total. The number of para-hydroxylation sites is 1. The van der Waals surface area contributed by atoms with Crippen LogP contribution in [0.2, 0.25) is 0 Å². The Balaban J connectivity index is 1.78. The molecule has 3 amide bonds. The maximum absolute atomic E-state index is 14.4. The molecule has 2 heterocycles. The molecule has 0 spiro atoms. The first kappa shape index (κ1) is 20.4. The molecule has 2 aromatic carbocycles. The van der Waals surface area contributed by atoms with E-state index in [1.807, 2.05) is 0 Å². The molecule has 160 valence electrons. The van der Waals surface area contributed by atoms with Crippen molar-refractivity contribution in [3.8, 4) is 5.75 Å². The second-order valence-corrected chi connectivity index (χ2v) is 7.22. The highest BCUT2D eigenvalue weighted by Crippen LogP contribution is 2.40. The molecular weight excluding hydrogens is 405 g/mol. The van der Waals surface area contributed by atoms with Crippen LogP contribution in [0, 0.1) is 5.82 Å². The van der Waals surface area contributed by atoms with Gasteiger partial charge in [-0.2, -0.15) is 0 Å². The summed E-state index contributed by atoms with van der Waals surface area (Å²) < 4.78 is 19.3. The standard InChI is InChI=1S/C22H20FN3O5/c1-31-17-7-6-12(10-15(17)23)20-14-11-26(18(27)8-9-19(28)29)16-5-3-2-4-13(16)21(14)25-22(30)24-20/h2-7,10,20H,8-9,11H2,1H3,(H,28,29)(H2,24,25,30). The number of amides is 3. The van der Waals surface area contributed by atoms with Crippen molar-refractivity contribution in [3.05, 3.63) is 65.0 Å². The van der Waals surface area contributed by atoms with Crippen LogP contribution in [0.1, 0.15) is 30.0 Å². The third-order valence-corrected chi connectivity index (χ3v) is 5.34. The van der Waals surface area contributed by atoms with Crippen LogP contribution in [0.3, 0.4) is 0 Å². The van der Waals surface area contributed by atoms with Gasteiger partial charge >= 0.3 is 12.0 Å². The Kier molecular flexibility index (Phi) is 5.33. The third kappa shape index (κ3) is 3.81. The van der Waals surface area contributed by atoms with Gasteiger partial charge in [-0.15, -0.1) is 0 Å². The van der Waals surface area contributed by atoms with Gasteiger partial charge in [0.25, 0.3) is 0 Å². The quantitative estimate of drug-likeness (QED) is 0.683. The fourth-order valence-electron chi connectivity index (χ4n) is 3.90. The Labute approximate surface area is 177 Å². The van der Waals surface area contributed by atoms with Crippen molar-refractivity contribution in [3.63, 3.8) is 0 Å². The first-order valence-electron chi connectivity index (χ1n) is 9.64. The molecule has 2 aliphatic heterocycles. The summed E-state index contributed by atoms with van der Waals surface area (Å²) in [7, 11) is 1.36. The zero-order valence-electron chi connectivity index (χ0n) is 16.6. The first-order valence-corrected chi connectivity index (χ1v) is 9.64. The summed E-state index contributed by atoms with van der Waals surface area (Å²) in [5, 5.41) is 14.5. The Bertz CT molecular complexity index is 1110. The summed E-state index contributed by atoms with van der Waals surface area (Å²) in [6.07, 6.45) is -0.445. The number of hydrogen-bond acceptors (Lipinski definition) is 4. The Morgan fingerprint density at radius 1 is 1.23 bits per heavy atom. The summed E-state index contributed by atoms with van der Waals surface area (Å²) in [6, 6.07) is 10.4. The van der Waals surface area contributed by atoms with Crippen LogP contribution in [-0.4, -0.2) is 36.7 Å². The molecule has 2 aromatic rings. The van der Waals surface area contributed by atoms with Crippen molar-refractivity contribution < 1.29 is 28.6 Å². The molecule has 0 aliphatic carbocycles. The van der Waals surface area contributed by atoms with Gasteiger partial charge in [-0.3, -0.25) is 9.59 Å². The van der Waals surface area contributed by atoms with Crippen molar-refractivity contribution >= 4 is 29.3 Å². The fourth-order valence-corrected chi connectivity index (χ4v) is 3.90. The summed E-state index contributed by atoms with van der Waals surface area (Å²) in [5.74, 6) is -1.90. The van der Waals surface area contributed by atoms with Crippen LogP contribution in [0.4, 0.5) is 14.9 Å². The van der Waals surface area contributed by atoms with Gasteiger partial charge in [-0.05, 0) is 23.8 Å². The summed E-state index contributed by atoms with van der Waals surface area (Å²) in [6.45, 7) is 0.121. The number of halogens is 1. The number of ether oxygens (including phenoxy) is 1. The highest BCUT2D eigenvalue weighted by molar-refractivity contribution is 6.03. The van der Waals surface area contributed by atoms with Gasteiger partial charge in [0.05, 0.1) is 37.5 Å². The van der Waals surface area contributed by atoms with E-state index in [-0.39, 0.29) is 31.0 Å².